The molecular formula is C13H16BrN3O. The van der Waals surface area contributed by atoms with Crippen LogP contribution in [0.2, 0.25) is 0 Å². The molecule has 0 saturated heterocycles. The number of benzene rings is 1. The molecule has 1 rings (SSSR count). The van der Waals surface area contributed by atoms with Gasteiger partial charge in [-0.25, -0.2) is 0 Å². The van der Waals surface area contributed by atoms with E-state index in [2.05, 4.69) is 21.2 Å². The lowest BCUT2D eigenvalue weighted by Crippen LogP contribution is -2.04. The average Bonchev–Trinajstić information content (AvgIpc) is 2.36. The molecule has 0 amide bonds. The van der Waals surface area contributed by atoms with Crippen molar-refractivity contribution in [3.8, 4) is 0 Å². The van der Waals surface area contributed by atoms with E-state index in [9.17, 15) is 0 Å². The zero-order valence-electron chi connectivity index (χ0n) is 10.4. The third-order valence-electron chi connectivity index (χ3n) is 2.35. The number of ether oxygens (including phenoxy) is 1. The normalized spacial score (nSPS) is 10.9. The van der Waals surface area contributed by atoms with Gasteiger partial charge in [-0.3, -0.25) is 5.41 Å². The van der Waals surface area contributed by atoms with Crippen LogP contribution in [0.1, 0.15) is 12.5 Å². The molecule has 0 aliphatic heterocycles. The maximum absolute atomic E-state index is 7.63. The van der Waals surface area contributed by atoms with Crippen molar-refractivity contribution in [1.29, 1.82) is 10.8 Å². The molecule has 0 aliphatic carbocycles. The fraction of sp³-hybridized carbons (Fsp3) is 0.231. The van der Waals surface area contributed by atoms with Crippen molar-refractivity contribution in [3.05, 3.63) is 39.9 Å². The van der Waals surface area contributed by atoms with Gasteiger partial charge in [0, 0.05) is 35.1 Å². The highest BCUT2D eigenvalue weighted by Gasteiger charge is 2.06. The smallest absolute Gasteiger partial charge is 0.206 e. The van der Waals surface area contributed by atoms with Gasteiger partial charge in [0.1, 0.15) is 6.61 Å². The van der Waals surface area contributed by atoms with Crippen LogP contribution >= 0.6 is 15.9 Å². The third-order valence-corrected chi connectivity index (χ3v) is 3.09. The minimum absolute atomic E-state index is 0.0498. The van der Waals surface area contributed by atoms with Crippen LogP contribution in [-0.2, 0) is 11.3 Å². The molecule has 1 aromatic rings. The summed E-state index contributed by atoms with van der Waals surface area (Å²) in [6.45, 7) is 2.06. The Hall–Kier alpha value is -1.62. The third kappa shape index (κ3) is 4.00. The zero-order chi connectivity index (χ0) is 13.5. The van der Waals surface area contributed by atoms with Gasteiger partial charge in [0.25, 0.3) is 0 Å². The first-order valence-electron chi connectivity index (χ1n) is 5.43. The molecule has 0 saturated carbocycles. The van der Waals surface area contributed by atoms with Gasteiger partial charge >= 0.3 is 0 Å². The van der Waals surface area contributed by atoms with Gasteiger partial charge in [0.15, 0.2) is 0 Å². The molecule has 3 N–H and O–H groups in total. The van der Waals surface area contributed by atoms with Gasteiger partial charge < -0.3 is 15.5 Å². The van der Waals surface area contributed by atoms with Gasteiger partial charge in [-0.05, 0) is 24.6 Å². The number of hydrogen-bond donors (Lipinski definition) is 3. The summed E-state index contributed by atoms with van der Waals surface area (Å²) < 4.78 is 6.30. The number of halogens is 1. The van der Waals surface area contributed by atoms with Crippen LogP contribution < -0.4 is 5.32 Å². The summed E-state index contributed by atoms with van der Waals surface area (Å²) in [6, 6.07) is 5.82. The van der Waals surface area contributed by atoms with Crippen molar-refractivity contribution >= 4 is 33.7 Å². The second-order valence-electron chi connectivity index (χ2n) is 3.70. The van der Waals surface area contributed by atoms with E-state index < -0.39 is 0 Å². The Morgan fingerprint density at radius 3 is 2.83 bits per heavy atom. The quantitative estimate of drug-likeness (QED) is 0.575. The number of hydrogen-bond acceptors (Lipinski definition) is 4. The Morgan fingerprint density at radius 2 is 2.22 bits per heavy atom. The Balaban J connectivity index is 2.75. The van der Waals surface area contributed by atoms with E-state index in [1.165, 1.54) is 12.3 Å². The highest BCUT2D eigenvalue weighted by molar-refractivity contribution is 9.10. The molecule has 96 valence electrons. The molecule has 0 radical (unpaired) electrons. The van der Waals surface area contributed by atoms with Crippen LogP contribution in [0.15, 0.2) is 34.3 Å². The maximum Gasteiger partial charge on any atom is 0.206 e. The molecule has 1 aromatic carbocycles. The molecule has 0 atom stereocenters. The summed E-state index contributed by atoms with van der Waals surface area (Å²) in [7, 11) is 1.84. The van der Waals surface area contributed by atoms with Crippen LogP contribution in [0.3, 0.4) is 0 Å². The summed E-state index contributed by atoms with van der Waals surface area (Å²) in [5.74, 6) is 0.0498. The number of allylic oxidation sites excluding steroid dienone is 1. The predicted molar refractivity (Wildman–Crippen MR) is 78.7 cm³/mol. The van der Waals surface area contributed by atoms with Crippen molar-refractivity contribution in [2.24, 2.45) is 0 Å². The lowest BCUT2D eigenvalue weighted by Gasteiger charge is -2.12. The maximum atomic E-state index is 7.63. The first kappa shape index (κ1) is 14.4. The Bertz CT molecular complexity index is 483. The number of anilines is 1. The topological polar surface area (TPSA) is 69.0 Å². The molecule has 0 unspecified atom stereocenters. The zero-order valence-corrected chi connectivity index (χ0v) is 12.0. The summed E-state index contributed by atoms with van der Waals surface area (Å²) in [5, 5.41) is 17.7. The van der Waals surface area contributed by atoms with E-state index in [0.29, 0.717) is 12.2 Å². The second kappa shape index (κ2) is 6.96. The van der Waals surface area contributed by atoms with E-state index >= 15 is 0 Å². The molecule has 4 nitrogen and oxygen atoms in total. The number of rotatable bonds is 5. The SMILES string of the molecule is CNc1cccc(Br)c1COC(=N)/C=C(/C)C=N. The molecular weight excluding hydrogens is 294 g/mol. The van der Waals surface area contributed by atoms with E-state index in [1.807, 2.05) is 25.2 Å². The monoisotopic (exact) mass is 309 g/mol. The molecule has 0 bridgehead atoms. The highest BCUT2D eigenvalue weighted by atomic mass is 79.9. The van der Waals surface area contributed by atoms with Crippen molar-refractivity contribution < 1.29 is 4.74 Å². The van der Waals surface area contributed by atoms with Gasteiger partial charge in [0.05, 0.1) is 0 Å². The predicted octanol–water partition coefficient (Wildman–Crippen LogP) is 3.58. The van der Waals surface area contributed by atoms with Gasteiger partial charge in [-0.15, -0.1) is 0 Å². The molecule has 0 heterocycles. The minimum Gasteiger partial charge on any atom is -0.473 e. The fourth-order valence-electron chi connectivity index (χ4n) is 1.38. The fourth-order valence-corrected chi connectivity index (χ4v) is 1.86. The molecule has 18 heavy (non-hydrogen) atoms. The Kier molecular flexibility index (Phi) is 5.58. The lowest BCUT2D eigenvalue weighted by atomic mass is 10.2. The lowest BCUT2D eigenvalue weighted by molar-refractivity contribution is 0.292. The van der Waals surface area contributed by atoms with Crippen LogP contribution in [0.25, 0.3) is 0 Å². The largest absolute Gasteiger partial charge is 0.473 e. The van der Waals surface area contributed by atoms with E-state index in [4.69, 9.17) is 15.6 Å². The Morgan fingerprint density at radius 1 is 1.50 bits per heavy atom. The van der Waals surface area contributed by atoms with Crippen molar-refractivity contribution in [1.82, 2.24) is 0 Å². The van der Waals surface area contributed by atoms with E-state index in [1.54, 1.807) is 6.92 Å². The van der Waals surface area contributed by atoms with Crippen molar-refractivity contribution in [3.63, 3.8) is 0 Å². The average molecular weight is 310 g/mol. The molecule has 0 aromatic heterocycles. The van der Waals surface area contributed by atoms with Crippen LogP contribution in [0.4, 0.5) is 5.69 Å². The second-order valence-corrected chi connectivity index (χ2v) is 4.56. The van der Waals surface area contributed by atoms with E-state index in [-0.39, 0.29) is 5.90 Å². The Labute approximate surface area is 115 Å². The molecule has 5 heteroatoms. The van der Waals surface area contributed by atoms with Crippen LogP contribution in [0, 0.1) is 10.8 Å². The van der Waals surface area contributed by atoms with Gasteiger partial charge in [-0.1, -0.05) is 22.0 Å². The van der Waals surface area contributed by atoms with Gasteiger partial charge in [0.2, 0.25) is 5.90 Å². The van der Waals surface area contributed by atoms with Crippen molar-refractivity contribution in [2.45, 2.75) is 13.5 Å². The van der Waals surface area contributed by atoms with Crippen molar-refractivity contribution in [2.75, 3.05) is 12.4 Å². The summed E-state index contributed by atoms with van der Waals surface area (Å²) in [6.07, 6.45) is 2.71. The van der Waals surface area contributed by atoms with Crippen LogP contribution in [0.5, 0.6) is 0 Å². The molecule has 0 spiro atoms. The summed E-state index contributed by atoms with van der Waals surface area (Å²) in [5.41, 5.74) is 2.61. The molecule has 0 fully saturated rings. The summed E-state index contributed by atoms with van der Waals surface area (Å²) in [4.78, 5) is 0. The molecule has 0 aliphatic rings. The van der Waals surface area contributed by atoms with E-state index in [0.717, 1.165) is 15.7 Å². The standard InChI is InChI=1S/C13H16BrN3O/c1-9(7-15)6-13(16)18-8-10-11(14)4-3-5-12(10)17-2/h3-7,15-17H,8H2,1-2H3/b9-6-,15-7?,16-13?. The first-order chi connectivity index (χ1) is 8.58. The summed E-state index contributed by atoms with van der Waals surface area (Å²) >= 11 is 3.46. The first-order valence-corrected chi connectivity index (χ1v) is 6.23. The van der Waals surface area contributed by atoms with Gasteiger partial charge in [-0.2, -0.15) is 0 Å². The highest BCUT2D eigenvalue weighted by Crippen LogP contribution is 2.25. The number of nitrogens with one attached hydrogen (secondary N) is 3. The van der Waals surface area contributed by atoms with Crippen LogP contribution in [-0.4, -0.2) is 19.2 Å². The minimum atomic E-state index is 0.0498.